The van der Waals surface area contributed by atoms with Crippen LogP contribution >= 0.6 is 11.6 Å². The smallest absolute Gasteiger partial charge is 0.243 e. The summed E-state index contributed by atoms with van der Waals surface area (Å²) in [5, 5.41) is 15.3. The minimum absolute atomic E-state index is 0.0787. The molecule has 0 aliphatic heterocycles. The highest BCUT2D eigenvalue weighted by Gasteiger charge is 2.08. The third kappa shape index (κ3) is 5.17. The first kappa shape index (κ1) is 19.1. The lowest BCUT2D eigenvalue weighted by Gasteiger charge is -2.10. The van der Waals surface area contributed by atoms with Gasteiger partial charge in [0, 0.05) is 18.7 Å². The Morgan fingerprint density at radius 1 is 1.19 bits per heavy atom. The maximum Gasteiger partial charge on any atom is 0.243 e. The van der Waals surface area contributed by atoms with Gasteiger partial charge in [-0.2, -0.15) is 0 Å². The van der Waals surface area contributed by atoms with E-state index in [0.717, 1.165) is 24.9 Å². The first-order valence-electron chi connectivity index (χ1n) is 8.82. The average Bonchev–Trinajstić information content (AvgIpc) is 3.12. The van der Waals surface area contributed by atoms with Crippen LogP contribution in [0.25, 0.3) is 0 Å². The van der Waals surface area contributed by atoms with Crippen molar-refractivity contribution in [3.05, 3.63) is 64.4 Å². The summed E-state index contributed by atoms with van der Waals surface area (Å²) in [5.41, 5.74) is 1.40. The molecule has 0 fully saturated rings. The molecule has 0 saturated carbocycles. The van der Waals surface area contributed by atoms with Gasteiger partial charge in [-0.15, -0.1) is 0 Å². The molecule has 1 heterocycles. The fraction of sp³-hybridized carbons (Fsp3) is 0.316. The number of nitrogens with one attached hydrogen (secondary N) is 1. The van der Waals surface area contributed by atoms with Crippen LogP contribution < -0.4 is 10.1 Å². The van der Waals surface area contributed by atoms with Crippen LogP contribution in [0.15, 0.2) is 42.5 Å². The topological polar surface area (TPSA) is 64.9 Å². The fourth-order valence-corrected chi connectivity index (χ4v) is 2.72. The number of benzene rings is 2. The summed E-state index contributed by atoms with van der Waals surface area (Å²) in [6, 6.07) is 12.1. The molecule has 1 aromatic heterocycles. The molecule has 0 spiro atoms. The van der Waals surface area contributed by atoms with Crippen molar-refractivity contribution in [3.8, 4) is 5.75 Å². The molecule has 0 aliphatic carbocycles. The van der Waals surface area contributed by atoms with E-state index in [2.05, 4.69) is 27.8 Å². The van der Waals surface area contributed by atoms with Gasteiger partial charge in [0.25, 0.3) is 0 Å². The number of tetrazole rings is 1. The Morgan fingerprint density at radius 2 is 2.00 bits per heavy atom. The van der Waals surface area contributed by atoms with Crippen LogP contribution in [0, 0.1) is 5.82 Å². The molecule has 0 unspecified atom stereocenters. The Hall–Kier alpha value is -2.67. The van der Waals surface area contributed by atoms with Crippen LogP contribution in [-0.2, 0) is 19.7 Å². The summed E-state index contributed by atoms with van der Waals surface area (Å²) >= 11 is 6.01. The number of anilines is 1. The monoisotopic (exact) mass is 389 g/mol. The van der Waals surface area contributed by atoms with Crippen molar-refractivity contribution in [3.63, 3.8) is 0 Å². The van der Waals surface area contributed by atoms with Gasteiger partial charge in [0.1, 0.15) is 18.2 Å². The maximum atomic E-state index is 13.8. The first-order chi connectivity index (χ1) is 13.2. The predicted molar refractivity (Wildman–Crippen MR) is 102 cm³/mol. The lowest BCUT2D eigenvalue weighted by molar-refractivity contribution is 0.300. The minimum atomic E-state index is -0.371. The number of halogens is 2. The van der Waals surface area contributed by atoms with Gasteiger partial charge in [0.15, 0.2) is 0 Å². The molecule has 0 radical (unpaired) electrons. The molecule has 1 N–H and O–H groups in total. The highest BCUT2D eigenvalue weighted by Crippen LogP contribution is 2.22. The van der Waals surface area contributed by atoms with Crippen LogP contribution in [0.3, 0.4) is 0 Å². The molecular weight excluding hydrogens is 369 g/mol. The third-order valence-electron chi connectivity index (χ3n) is 4.07. The van der Waals surface area contributed by atoms with Gasteiger partial charge in [-0.1, -0.05) is 48.2 Å². The highest BCUT2D eigenvalue weighted by atomic mass is 35.5. The molecule has 6 nitrogen and oxygen atoms in total. The van der Waals surface area contributed by atoms with Gasteiger partial charge in [-0.25, -0.2) is 9.07 Å². The van der Waals surface area contributed by atoms with Gasteiger partial charge < -0.3 is 10.1 Å². The zero-order valence-corrected chi connectivity index (χ0v) is 15.8. The highest BCUT2D eigenvalue weighted by molar-refractivity contribution is 6.31. The summed E-state index contributed by atoms with van der Waals surface area (Å²) in [6.07, 6.45) is 2.11. The van der Waals surface area contributed by atoms with E-state index in [1.807, 2.05) is 24.3 Å². The van der Waals surface area contributed by atoms with Crippen LogP contribution in [0.5, 0.6) is 5.75 Å². The van der Waals surface area contributed by atoms with E-state index in [0.29, 0.717) is 28.8 Å². The van der Waals surface area contributed by atoms with Gasteiger partial charge >= 0.3 is 0 Å². The molecular formula is C19H21ClFN5O. The lowest BCUT2D eigenvalue weighted by atomic mass is 10.2. The largest absolute Gasteiger partial charge is 0.489 e. The number of aromatic nitrogens is 4. The maximum absolute atomic E-state index is 13.8. The number of ether oxygens (including phenoxy) is 1. The van der Waals surface area contributed by atoms with E-state index in [1.165, 1.54) is 6.07 Å². The molecule has 8 heteroatoms. The van der Waals surface area contributed by atoms with Crippen LogP contribution in [0.1, 0.15) is 30.9 Å². The summed E-state index contributed by atoms with van der Waals surface area (Å²) in [4.78, 5) is 0. The fourth-order valence-electron chi connectivity index (χ4n) is 2.50. The molecule has 2 aromatic carbocycles. The van der Waals surface area contributed by atoms with Crippen molar-refractivity contribution in [2.24, 2.45) is 0 Å². The minimum Gasteiger partial charge on any atom is -0.489 e. The van der Waals surface area contributed by atoms with E-state index in [1.54, 1.807) is 16.8 Å². The van der Waals surface area contributed by atoms with Crippen molar-refractivity contribution in [2.75, 3.05) is 5.32 Å². The Labute approximate surface area is 162 Å². The van der Waals surface area contributed by atoms with Crippen molar-refractivity contribution in [2.45, 2.75) is 39.5 Å². The summed E-state index contributed by atoms with van der Waals surface area (Å²) in [6.45, 7) is 3.58. The number of unbranched alkanes of at least 4 members (excludes halogenated alkanes) is 1. The van der Waals surface area contributed by atoms with Crippen molar-refractivity contribution >= 4 is 17.5 Å². The predicted octanol–water partition coefficient (Wildman–Crippen LogP) is 4.46. The number of nitrogens with zero attached hydrogens (tertiary/aromatic N) is 4. The molecule has 3 aromatic rings. The Bertz CT molecular complexity index is 849. The second kappa shape index (κ2) is 9.32. The Morgan fingerprint density at radius 3 is 2.74 bits per heavy atom. The van der Waals surface area contributed by atoms with Crippen LogP contribution in [0.2, 0.25) is 5.02 Å². The van der Waals surface area contributed by atoms with Gasteiger partial charge in [-0.05, 0) is 46.7 Å². The van der Waals surface area contributed by atoms with E-state index >= 15 is 0 Å². The first-order valence-corrected chi connectivity index (χ1v) is 9.20. The quantitative estimate of drug-likeness (QED) is 0.585. The zero-order valence-electron chi connectivity index (χ0n) is 15.0. The van der Waals surface area contributed by atoms with E-state index < -0.39 is 0 Å². The Balaban J connectivity index is 1.54. The van der Waals surface area contributed by atoms with Gasteiger partial charge in [0.2, 0.25) is 5.95 Å². The van der Waals surface area contributed by atoms with E-state index in [-0.39, 0.29) is 12.4 Å². The van der Waals surface area contributed by atoms with Gasteiger partial charge in [-0.3, -0.25) is 0 Å². The normalized spacial score (nSPS) is 10.8. The van der Waals surface area contributed by atoms with Crippen LogP contribution in [-0.4, -0.2) is 20.2 Å². The zero-order chi connectivity index (χ0) is 19.1. The summed E-state index contributed by atoms with van der Waals surface area (Å²) in [5.74, 6) is 0.924. The average molecular weight is 390 g/mol. The summed E-state index contributed by atoms with van der Waals surface area (Å²) in [7, 11) is 0. The Kier molecular flexibility index (Phi) is 6.59. The number of aryl methyl sites for hydroxylation is 1. The molecule has 0 amide bonds. The van der Waals surface area contributed by atoms with Crippen molar-refractivity contribution < 1.29 is 9.13 Å². The molecule has 142 valence electrons. The SMILES string of the molecule is CCCCn1nnnc1NCc1ccc(OCc2c(F)cccc2Cl)cc1. The molecule has 0 atom stereocenters. The summed E-state index contributed by atoms with van der Waals surface area (Å²) < 4.78 is 21.2. The molecule has 3 rings (SSSR count). The number of hydrogen-bond acceptors (Lipinski definition) is 5. The number of rotatable bonds is 9. The lowest BCUT2D eigenvalue weighted by Crippen LogP contribution is -2.09. The molecule has 0 saturated heterocycles. The van der Waals surface area contributed by atoms with Crippen molar-refractivity contribution in [1.82, 2.24) is 20.2 Å². The standard InChI is InChI=1S/C19H21ClFN5O/c1-2-3-11-26-19(23-24-25-26)22-12-14-7-9-15(10-8-14)27-13-16-17(20)5-4-6-18(16)21/h4-10H,2-3,11-13H2,1H3,(H,22,23,25). The molecule has 27 heavy (non-hydrogen) atoms. The van der Waals surface area contributed by atoms with Crippen molar-refractivity contribution in [1.29, 1.82) is 0 Å². The van der Waals surface area contributed by atoms with E-state index in [4.69, 9.17) is 16.3 Å². The van der Waals surface area contributed by atoms with E-state index in [9.17, 15) is 4.39 Å². The second-order valence-electron chi connectivity index (χ2n) is 6.07. The molecule has 0 aliphatic rings. The molecule has 0 bridgehead atoms. The second-order valence-corrected chi connectivity index (χ2v) is 6.47. The number of hydrogen-bond donors (Lipinski definition) is 1. The van der Waals surface area contributed by atoms with Crippen LogP contribution in [0.4, 0.5) is 10.3 Å². The van der Waals surface area contributed by atoms with Gasteiger partial charge in [0.05, 0.1) is 5.02 Å². The third-order valence-corrected chi connectivity index (χ3v) is 4.43.